The summed E-state index contributed by atoms with van der Waals surface area (Å²) in [5.74, 6) is 0.162. The second-order valence-electron chi connectivity index (χ2n) is 5.86. The standard InChI is InChI=1S/C16H25N3O.ClH/c1-11(2)18(4)16(20)12(3)19-10-6-7-13-14(17)8-5-9-15(13)19;/h5,8-9,11-12H,6-7,10,17H2,1-4H3;1H. The van der Waals surface area contributed by atoms with Crippen molar-refractivity contribution >= 4 is 29.7 Å². The molecule has 1 atom stereocenters. The SMILES string of the molecule is CC(C)N(C)C(=O)C(C)N1CCCc2c(N)cccc21.Cl. The van der Waals surface area contributed by atoms with Gasteiger partial charge in [-0.1, -0.05) is 6.07 Å². The third kappa shape index (κ3) is 3.43. The van der Waals surface area contributed by atoms with Crippen molar-refractivity contribution in [2.45, 2.75) is 45.7 Å². The smallest absolute Gasteiger partial charge is 0.244 e. The quantitative estimate of drug-likeness (QED) is 0.873. The molecule has 2 N–H and O–H groups in total. The third-order valence-corrected chi connectivity index (χ3v) is 4.27. The van der Waals surface area contributed by atoms with E-state index in [1.165, 1.54) is 5.56 Å². The Morgan fingerprint density at radius 1 is 1.33 bits per heavy atom. The second kappa shape index (κ2) is 7.03. The van der Waals surface area contributed by atoms with Crippen LogP contribution in [-0.4, -0.2) is 36.5 Å². The molecule has 4 nitrogen and oxygen atoms in total. The summed E-state index contributed by atoms with van der Waals surface area (Å²) in [7, 11) is 1.87. The molecule has 1 aliphatic heterocycles. The van der Waals surface area contributed by atoms with Gasteiger partial charge in [0.15, 0.2) is 0 Å². The van der Waals surface area contributed by atoms with Gasteiger partial charge in [0.2, 0.25) is 5.91 Å². The number of anilines is 2. The first-order chi connectivity index (χ1) is 9.43. The Labute approximate surface area is 133 Å². The van der Waals surface area contributed by atoms with E-state index >= 15 is 0 Å². The minimum absolute atomic E-state index is 0. The van der Waals surface area contributed by atoms with E-state index < -0.39 is 0 Å². The van der Waals surface area contributed by atoms with E-state index in [4.69, 9.17) is 5.73 Å². The molecule has 118 valence electrons. The Kier molecular flexibility index (Phi) is 5.90. The van der Waals surface area contributed by atoms with Crippen molar-refractivity contribution in [1.29, 1.82) is 0 Å². The van der Waals surface area contributed by atoms with Crippen LogP contribution < -0.4 is 10.6 Å². The summed E-state index contributed by atoms with van der Waals surface area (Å²) in [6.45, 7) is 6.97. The van der Waals surface area contributed by atoms with Gasteiger partial charge < -0.3 is 15.5 Å². The van der Waals surface area contributed by atoms with Crippen LogP contribution in [0, 0.1) is 0 Å². The van der Waals surface area contributed by atoms with Crippen molar-refractivity contribution in [1.82, 2.24) is 4.90 Å². The van der Waals surface area contributed by atoms with Crippen LogP contribution in [-0.2, 0) is 11.2 Å². The molecule has 1 aromatic carbocycles. The van der Waals surface area contributed by atoms with E-state index in [0.29, 0.717) is 0 Å². The lowest BCUT2D eigenvalue weighted by atomic mass is 9.98. The van der Waals surface area contributed by atoms with Crippen LogP contribution in [0.5, 0.6) is 0 Å². The maximum absolute atomic E-state index is 12.5. The average molecular weight is 312 g/mol. The molecule has 0 aliphatic carbocycles. The molecule has 5 heteroatoms. The Bertz CT molecular complexity index is 504. The molecule has 1 heterocycles. The number of nitrogen functional groups attached to an aromatic ring is 1. The number of nitrogens with two attached hydrogens (primary N) is 1. The normalized spacial score (nSPS) is 15.2. The lowest BCUT2D eigenvalue weighted by Gasteiger charge is -2.38. The molecular formula is C16H26ClN3O. The maximum atomic E-state index is 12.5. The predicted molar refractivity (Wildman–Crippen MR) is 91.1 cm³/mol. The summed E-state index contributed by atoms with van der Waals surface area (Å²) < 4.78 is 0. The fourth-order valence-corrected chi connectivity index (χ4v) is 2.76. The molecule has 0 fully saturated rings. The second-order valence-corrected chi connectivity index (χ2v) is 5.86. The molecule has 0 bridgehead atoms. The van der Waals surface area contributed by atoms with Crippen LogP contribution in [0.25, 0.3) is 0 Å². The zero-order valence-electron chi connectivity index (χ0n) is 13.3. The minimum Gasteiger partial charge on any atom is -0.398 e. The molecule has 1 aromatic rings. The van der Waals surface area contributed by atoms with Crippen LogP contribution in [0.3, 0.4) is 0 Å². The van der Waals surface area contributed by atoms with E-state index in [1.54, 1.807) is 0 Å². The van der Waals surface area contributed by atoms with Crippen LogP contribution >= 0.6 is 12.4 Å². The number of hydrogen-bond donors (Lipinski definition) is 1. The number of benzene rings is 1. The first kappa shape index (κ1) is 17.6. The summed E-state index contributed by atoms with van der Waals surface area (Å²) in [5, 5.41) is 0. The summed E-state index contributed by atoms with van der Waals surface area (Å²) >= 11 is 0. The lowest BCUT2D eigenvalue weighted by molar-refractivity contribution is -0.132. The highest BCUT2D eigenvalue weighted by Crippen LogP contribution is 2.32. The van der Waals surface area contributed by atoms with Crippen molar-refractivity contribution in [3.05, 3.63) is 23.8 Å². The Hall–Kier alpha value is -1.42. The van der Waals surface area contributed by atoms with Gasteiger partial charge >= 0.3 is 0 Å². The third-order valence-electron chi connectivity index (χ3n) is 4.27. The topological polar surface area (TPSA) is 49.6 Å². The van der Waals surface area contributed by atoms with Crippen LogP contribution in [0.4, 0.5) is 11.4 Å². The molecule has 1 aliphatic rings. The van der Waals surface area contributed by atoms with Gasteiger partial charge in [0.25, 0.3) is 0 Å². The number of halogens is 1. The van der Waals surface area contributed by atoms with Crippen molar-refractivity contribution in [3.8, 4) is 0 Å². The number of hydrogen-bond acceptors (Lipinski definition) is 3. The maximum Gasteiger partial charge on any atom is 0.244 e. The molecule has 0 radical (unpaired) electrons. The summed E-state index contributed by atoms with van der Waals surface area (Å²) in [6.07, 6.45) is 2.05. The number of carbonyl (C=O) groups is 1. The van der Waals surface area contributed by atoms with Gasteiger partial charge in [-0.3, -0.25) is 4.79 Å². The molecular weight excluding hydrogens is 286 g/mol. The lowest BCUT2D eigenvalue weighted by Crippen LogP contribution is -2.49. The van der Waals surface area contributed by atoms with Gasteiger partial charge in [-0.15, -0.1) is 12.4 Å². The first-order valence-corrected chi connectivity index (χ1v) is 7.34. The minimum atomic E-state index is -0.150. The van der Waals surface area contributed by atoms with Gasteiger partial charge in [-0.05, 0) is 51.3 Å². The van der Waals surface area contributed by atoms with Gasteiger partial charge in [0.05, 0.1) is 0 Å². The summed E-state index contributed by atoms with van der Waals surface area (Å²) in [6, 6.07) is 6.05. The van der Waals surface area contributed by atoms with Crippen LogP contribution in [0.2, 0.25) is 0 Å². The number of likely N-dealkylation sites (N-methyl/N-ethyl adjacent to an activating group) is 1. The highest BCUT2D eigenvalue weighted by atomic mass is 35.5. The van der Waals surface area contributed by atoms with E-state index in [1.807, 2.05) is 44.9 Å². The zero-order valence-corrected chi connectivity index (χ0v) is 14.1. The number of amides is 1. The van der Waals surface area contributed by atoms with Crippen LogP contribution in [0.1, 0.15) is 32.8 Å². The van der Waals surface area contributed by atoms with Gasteiger partial charge in [-0.2, -0.15) is 0 Å². The van der Waals surface area contributed by atoms with E-state index in [9.17, 15) is 4.79 Å². The largest absolute Gasteiger partial charge is 0.398 e. The summed E-state index contributed by atoms with van der Waals surface area (Å²) in [4.78, 5) is 16.5. The predicted octanol–water partition coefficient (Wildman–Crippen LogP) is 2.70. The zero-order chi connectivity index (χ0) is 14.9. The molecule has 0 spiro atoms. The van der Waals surface area contributed by atoms with Crippen molar-refractivity contribution in [2.24, 2.45) is 0 Å². The van der Waals surface area contributed by atoms with E-state index in [2.05, 4.69) is 11.0 Å². The molecule has 1 amide bonds. The number of carbonyl (C=O) groups excluding carboxylic acids is 1. The van der Waals surface area contributed by atoms with Gasteiger partial charge in [-0.25, -0.2) is 0 Å². The number of rotatable bonds is 3. The molecule has 0 saturated heterocycles. The van der Waals surface area contributed by atoms with Crippen molar-refractivity contribution < 1.29 is 4.79 Å². The van der Waals surface area contributed by atoms with Crippen molar-refractivity contribution in [3.63, 3.8) is 0 Å². The molecule has 0 aromatic heterocycles. The first-order valence-electron chi connectivity index (χ1n) is 7.34. The molecule has 2 rings (SSSR count). The molecule has 1 unspecified atom stereocenters. The molecule has 21 heavy (non-hydrogen) atoms. The van der Waals surface area contributed by atoms with E-state index in [0.717, 1.165) is 30.8 Å². The highest BCUT2D eigenvalue weighted by Gasteiger charge is 2.29. The van der Waals surface area contributed by atoms with E-state index in [-0.39, 0.29) is 30.4 Å². The Balaban J connectivity index is 0.00000220. The number of fused-ring (bicyclic) bond motifs is 1. The monoisotopic (exact) mass is 311 g/mol. The summed E-state index contributed by atoms with van der Waals surface area (Å²) in [5.41, 5.74) is 9.21. The number of nitrogens with zero attached hydrogens (tertiary/aromatic N) is 2. The van der Waals surface area contributed by atoms with Gasteiger partial charge in [0.1, 0.15) is 6.04 Å². The Morgan fingerprint density at radius 2 is 2.00 bits per heavy atom. The average Bonchev–Trinajstić information content (AvgIpc) is 2.44. The van der Waals surface area contributed by atoms with Gasteiger partial charge in [0, 0.05) is 31.0 Å². The Morgan fingerprint density at radius 3 is 2.62 bits per heavy atom. The highest BCUT2D eigenvalue weighted by molar-refractivity contribution is 5.86. The fourth-order valence-electron chi connectivity index (χ4n) is 2.76. The van der Waals surface area contributed by atoms with Crippen LogP contribution in [0.15, 0.2) is 18.2 Å². The van der Waals surface area contributed by atoms with Crippen molar-refractivity contribution in [2.75, 3.05) is 24.2 Å². The molecule has 0 saturated carbocycles. The fraction of sp³-hybridized carbons (Fsp3) is 0.562.